The lowest BCUT2D eigenvalue weighted by atomic mass is 9.75. The van der Waals surface area contributed by atoms with Crippen molar-refractivity contribution in [1.29, 1.82) is 0 Å². The van der Waals surface area contributed by atoms with Gasteiger partial charge in [0.2, 0.25) is 0 Å². The van der Waals surface area contributed by atoms with Crippen molar-refractivity contribution in [3.05, 3.63) is 132 Å². The van der Waals surface area contributed by atoms with Gasteiger partial charge in [-0.25, -0.2) is 14.4 Å². The molecule has 20 nitrogen and oxygen atoms in total. The molecule has 0 unspecified atom stereocenters. The summed E-state index contributed by atoms with van der Waals surface area (Å²) in [5.74, 6) is -1.84. The maximum atomic E-state index is 15.0. The summed E-state index contributed by atoms with van der Waals surface area (Å²) < 4.78 is 65.4. The molecule has 0 saturated carbocycles. The van der Waals surface area contributed by atoms with Gasteiger partial charge in [-0.05, 0) is 71.8 Å². The standard InChI is InChI=1S/C56H54N4O16/c1-35(61)73-48-31-50-43(27-39(48)37-9-13-57-14-10-37)56(44-28-40(38-11-15-58-16-12-38)49(74-36(2)62)32-51(44)75-50)42-30-52(72-34-54(64)67-4)46(29-41(42)55(65)76-56)60-19-22-68-21-17-59(18-23-69-25-26-70-24-20-60)45-7-5-6-8-47(45)71-33-53(63)66-3/h5-16,27-32H,17-26,33-34H2,1-4H3. The van der Waals surface area contributed by atoms with Gasteiger partial charge in [-0.1, -0.05) is 12.1 Å². The SMILES string of the molecule is COC(=O)COc1ccccc1N1CCOCCOCCN(c2cc3c(cc2OCC(=O)OC)C2(OC3=O)c3cc(-c4ccncc4)c(OC(C)=O)cc3Oc3cc(OC(C)=O)c(-c4ccncc4)cc32)CCOCC1. The average molecular weight is 1040 g/mol. The van der Waals surface area contributed by atoms with Gasteiger partial charge >= 0.3 is 29.8 Å². The van der Waals surface area contributed by atoms with Crippen LogP contribution in [0.5, 0.6) is 34.5 Å². The molecule has 1 saturated heterocycles. The fourth-order valence-electron chi connectivity index (χ4n) is 9.20. The minimum atomic E-state index is -1.83. The Morgan fingerprint density at radius 3 is 1.51 bits per heavy atom. The normalized spacial score (nSPS) is 15.3. The second-order valence-corrected chi connectivity index (χ2v) is 17.4. The quantitative estimate of drug-likeness (QED) is 0.0706. The average Bonchev–Trinajstić information content (AvgIpc) is 3.76. The molecule has 0 radical (unpaired) electrons. The molecule has 0 amide bonds. The number of hydrogen-bond acceptors (Lipinski definition) is 20. The zero-order valence-corrected chi connectivity index (χ0v) is 42.2. The van der Waals surface area contributed by atoms with E-state index in [1.165, 1.54) is 28.1 Å². The van der Waals surface area contributed by atoms with Crippen LogP contribution in [-0.2, 0) is 53.2 Å². The molecule has 2 aromatic heterocycles. The Morgan fingerprint density at radius 2 is 1.01 bits per heavy atom. The topological polar surface area (TPSA) is 219 Å². The minimum Gasteiger partial charge on any atom is -0.480 e. The number of benzene rings is 4. The Labute approximate surface area is 437 Å². The highest BCUT2D eigenvalue weighted by Gasteiger charge is 2.55. The number of methoxy groups -OCH3 is 2. The number of nitrogens with zero attached hydrogens (tertiary/aromatic N) is 4. The molecule has 3 aliphatic rings. The van der Waals surface area contributed by atoms with Crippen molar-refractivity contribution in [2.75, 3.05) is 103 Å². The molecule has 1 fully saturated rings. The monoisotopic (exact) mass is 1040 g/mol. The van der Waals surface area contributed by atoms with Crippen LogP contribution in [0.15, 0.2) is 110 Å². The predicted molar refractivity (Wildman–Crippen MR) is 272 cm³/mol. The number of anilines is 2. The van der Waals surface area contributed by atoms with Crippen molar-refractivity contribution in [1.82, 2.24) is 9.97 Å². The first kappa shape index (κ1) is 52.3. The maximum Gasteiger partial charge on any atom is 0.343 e. The van der Waals surface area contributed by atoms with Crippen LogP contribution in [0.4, 0.5) is 11.4 Å². The fourth-order valence-corrected chi connectivity index (χ4v) is 9.20. The number of pyridine rings is 2. The van der Waals surface area contributed by atoms with Gasteiger partial charge in [0.25, 0.3) is 0 Å². The summed E-state index contributed by atoms with van der Waals surface area (Å²) in [5, 5.41) is 0. The molecule has 4 aromatic carbocycles. The van der Waals surface area contributed by atoms with Crippen molar-refractivity contribution >= 4 is 41.2 Å². The number of esters is 5. The van der Waals surface area contributed by atoms with E-state index in [1.54, 1.807) is 91.5 Å². The van der Waals surface area contributed by atoms with E-state index in [9.17, 15) is 24.0 Å². The molecule has 20 heteroatoms. The molecule has 0 atom stereocenters. The van der Waals surface area contributed by atoms with E-state index in [-0.39, 0.29) is 80.4 Å². The van der Waals surface area contributed by atoms with Gasteiger partial charge in [0.15, 0.2) is 18.8 Å². The van der Waals surface area contributed by atoms with Gasteiger partial charge in [-0.3, -0.25) is 19.6 Å². The lowest BCUT2D eigenvalue weighted by Crippen LogP contribution is -2.34. The Morgan fingerprint density at radius 1 is 0.539 bits per heavy atom. The fraction of sp³-hybridized carbons (Fsp3) is 0.304. The first-order valence-corrected chi connectivity index (χ1v) is 24.3. The van der Waals surface area contributed by atoms with Crippen molar-refractivity contribution in [3.63, 3.8) is 0 Å². The van der Waals surface area contributed by atoms with E-state index in [0.29, 0.717) is 76.7 Å². The zero-order chi connectivity index (χ0) is 53.2. The summed E-state index contributed by atoms with van der Waals surface area (Å²) >= 11 is 0. The third-order valence-corrected chi connectivity index (χ3v) is 12.7. The smallest absolute Gasteiger partial charge is 0.343 e. The van der Waals surface area contributed by atoms with Gasteiger partial charge in [0.05, 0.1) is 70.8 Å². The molecule has 76 heavy (non-hydrogen) atoms. The Kier molecular flexibility index (Phi) is 16.3. The zero-order valence-electron chi connectivity index (χ0n) is 42.2. The van der Waals surface area contributed by atoms with Crippen LogP contribution in [0.25, 0.3) is 22.3 Å². The third-order valence-electron chi connectivity index (χ3n) is 12.7. The minimum absolute atomic E-state index is 0.141. The largest absolute Gasteiger partial charge is 0.480 e. The summed E-state index contributed by atoms with van der Waals surface area (Å²) in [6.45, 7) is 4.92. The number of rotatable bonds is 12. The van der Waals surface area contributed by atoms with E-state index < -0.39 is 42.1 Å². The number of carbonyl (C=O) groups excluding carboxylic acids is 5. The summed E-state index contributed by atoms with van der Waals surface area (Å²) in [5.41, 5.74) is 2.60. The van der Waals surface area contributed by atoms with Gasteiger partial charge in [-0.2, -0.15) is 0 Å². The maximum absolute atomic E-state index is 15.0. The number of hydrogen-bond donors (Lipinski definition) is 0. The molecular weight excluding hydrogens is 985 g/mol. The highest BCUT2D eigenvalue weighted by Crippen LogP contribution is 2.60. The van der Waals surface area contributed by atoms with Crippen LogP contribution in [0.3, 0.4) is 0 Å². The Bertz CT molecular complexity index is 3010. The van der Waals surface area contributed by atoms with Gasteiger partial charge in [-0.15, -0.1) is 0 Å². The van der Waals surface area contributed by atoms with E-state index in [4.69, 9.17) is 52.1 Å². The summed E-state index contributed by atoms with van der Waals surface area (Å²) in [7, 11) is 2.55. The molecule has 394 valence electrons. The van der Waals surface area contributed by atoms with Crippen LogP contribution >= 0.6 is 0 Å². The number of carbonyl (C=O) groups is 5. The number of ether oxygens (including phenoxy) is 11. The van der Waals surface area contributed by atoms with Gasteiger partial charge < -0.3 is 61.9 Å². The Balaban J connectivity index is 1.16. The van der Waals surface area contributed by atoms with Crippen LogP contribution < -0.4 is 33.5 Å². The van der Waals surface area contributed by atoms with Crippen molar-refractivity contribution < 1.29 is 76.1 Å². The van der Waals surface area contributed by atoms with E-state index in [1.807, 2.05) is 28.0 Å². The van der Waals surface area contributed by atoms with Crippen molar-refractivity contribution in [2.45, 2.75) is 19.4 Å². The lowest BCUT2D eigenvalue weighted by molar-refractivity contribution is -0.143. The van der Waals surface area contributed by atoms with E-state index in [2.05, 4.69) is 9.97 Å². The molecule has 0 aliphatic carbocycles. The van der Waals surface area contributed by atoms with E-state index >= 15 is 0 Å². The predicted octanol–water partition coefficient (Wildman–Crippen LogP) is 6.71. The number of fused-ring (bicyclic) bond motifs is 6. The molecule has 0 N–H and O–H groups in total. The van der Waals surface area contributed by atoms with Crippen LogP contribution in [0.1, 0.15) is 40.9 Å². The van der Waals surface area contributed by atoms with Crippen LogP contribution in [0, 0.1) is 0 Å². The van der Waals surface area contributed by atoms with Crippen LogP contribution in [0.2, 0.25) is 0 Å². The highest BCUT2D eigenvalue weighted by molar-refractivity contribution is 5.99. The molecule has 9 rings (SSSR count). The van der Waals surface area contributed by atoms with Crippen molar-refractivity contribution in [2.24, 2.45) is 0 Å². The summed E-state index contributed by atoms with van der Waals surface area (Å²) in [6.07, 6.45) is 6.37. The second kappa shape index (κ2) is 23.7. The van der Waals surface area contributed by atoms with Crippen LogP contribution in [-0.4, -0.2) is 133 Å². The Hall–Kier alpha value is -8.59. The third kappa shape index (κ3) is 11.4. The highest BCUT2D eigenvalue weighted by atomic mass is 16.6. The number of aromatic nitrogens is 2. The molecule has 3 aliphatic heterocycles. The number of para-hydroxylation sites is 2. The van der Waals surface area contributed by atoms with Crippen molar-refractivity contribution in [3.8, 4) is 56.8 Å². The lowest BCUT2D eigenvalue weighted by Gasteiger charge is -2.38. The van der Waals surface area contributed by atoms with Gasteiger partial charge in [0.1, 0.15) is 34.5 Å². The van der Waals surface area contributed by atoms with E-state index in [0.717, 1.165) is 5.69 Å². The first-order valence-electron chi connectivity index (χ1n) is 24.3. The van der Waals surface area contributed by atoms with Gasteiger partial charge in [0, 0.05) is 105 Å². The molecule has 1 spiro atoms. The first-order chi connectivity index (χ1) is 37.0. The molecule has 6 aromatic rings. The molecule has 5 heterocycles. The molecule has 0 bridgehead atoms. The summed E-state index contributed by atoms with van der Waals surface area (Å²) in [4.78, 5) is 77.5. The second-order valence-electron chi connectivity index (χ2n) is 17.4. The molecular formula is C56H54N4O16. The summed E-state index contributed by atoms with van der Waals surface area (Å²) in [6, 6.07) is 24.2.